The molecule has 0 spiro atoms. The first-order valence-electron chi connectivity index (χ1n) is 9.19. The molecule has 28 heavy (non-hydrogen) atoms. The Morgan fingerprint density at radius 1 is 1.00 bits per heavy atom. The van der Waals surface area contributed by atoms with E-state index in [0.29, 0.717) is 23.6 Å². The molecule has 2 fully saturated rings. The second-order valence-corrected chi connectivity index (χ2v) is 6.96. The van der Waals surface area contributed by atoms with Gasteiger partial charge in [0.25, 0.3) is 0 Å². The number of rotatable bonds is 2. The van der Waals surface area contributed by atoms with Crippen LogP contribution in [0.4, 0.5) is 9.59 Å². The Hall–Kier alpha value is -3.10. The van der Waals surface area contributed by atoms with E-state index in [1.54, 1.807) is 29.2 Å². The van der Waals surface area contributed by atoms with Crippen molar-refractivity contribution < 1.29 is 28.7 Å². The van der Waals surface area contributed by atoms with Crippen LogP contribution in [0.15, 0.2) is 30.3 Å². The summed E-state index contributed by atoms with van der Waals surface area (Å²) < 4.78 is 10.8. The first-order valence-corrected chi connectivity index (χ1v) is 9.19. The van der Waals surface area contributed by atoms with Gasteiger partial charge >= 0.3 is 12.2 Å². The lowest BCUT2D eigenvalue weighted by Gasteiger charge is -2.37. The van der Waals surface area contributed by atoms with Gasteiger partial charge in [0, 0.05) is 38.8 Å². The monoisotopic (exact) mass is 389 g/mol. The molecule has 2 bridgehead atoms. The smallest absolute Gasteiger partial charge is 0.426 e. The summed E-state index contributed by atoms with van der Waals surface area (Å²) in [7, 11) is 0. The molecule has 9 heteroatoms. The summed E-state index contributed by atoms with van der Waals surface area (Å²) in [5, 5.41) is 0.600. The Morgan fingerprint density at radius 3 is 2.11 bits per heavy atom. The molecule has 9 nitrogen and oxygen atoms in total. The van der Waals surface area contributed by atoms with Crippen molar-refractivity contribution in [3.8, 4) is 5.75 Å². The van der Waals surface area contributed by atoms with Crippen LogP contribution in [0.25, 0.3) is 0 Å². The van der Waals surface area contributed by atoms with Gasteiger partial charge in [-0.05, 0) is 25.0 Å². The lowest BCUT2D eigenvalue weighted by atomic mass is 10.0. The molecule has 2 aliphatic heterocycles. The number of hydrazine groups is 1. The van der Waals surface area contributed by atoms with Crippen LogP contribution in [-0.2, 0) is 14.3 Å². The van der Waals surface area contributed by atoms with Crippen molar-refractivity contribution in [1.82, 2.24) is 15.3 Å². The van der Waals surface area contributed by atoms with Crippen molar-refractivity contribution >= 4 is 24.0 Å². The average molecular weight is 389 g/mol. The highest BCUT2D eigenvalue weighted by molar-refractivity contribution is 5.94. The highest BCUT2D eigenvalue weighted by Gasteiger charge is 2.45. The molecule has 2 heterocycles. The van der Waals surface area contributed by atoms with Crippen LogP contribution in [0.3, 0.4) is 0 Å². The van der Waals surface area contributed by atoms with E-state index in [9.17, 15) is 19.2 Å². The summed E-state index contributed by atoms with van der Waals surface area (Å²) in [5.74, 6) is -0.732. The van der Waals surface area contributed by atoms with E-state index in [1.807, 2.05) is 6.07 Å². The number of fused-ring (bicyclic) bond motifs is 2. The summed E-state index contributed by atoms with van der Waals surface area (Å²) in [6.45, 7) is 2.33. The number of nitrogens with zero attached hydrogens (tertiary/aromatic N) is 2. The summed E-state index contributed by atoms with van der Waals surface area (Å²) >= 11 is 0. The van der Waals surface area contributed by atoms with E-state index in [-0.39, 0.29) is 12.1 Å². The minimum atomic E-state index is -0.866. The van der Waals surface area contributed by atoms with Crippen LogP contribution in [-0.4, -0.2) is 52.1 Å². The van der Waals surface area contributed by atoms with Gasteiger partial charge in [-0.2, -0.15) is 5.01 Å². The zero-order chi connectivity index (χ0) is 20.3. The molecule has 150 valence electrons. The molecule has 2 aliphatic rings. The van der Waals surface area contributed by atoms with Gasteiger partial charge in [0.1, 0.15) is 11.9 Å². The number of carbonyl (C=O) groups excluding carboxylic acids is 4. The second kappa shape index (κ2) is 8.28. The molecule has 3 rings (SSSR count). The summed E-state index contributed by atoms with van der Waals surface area (Å²) in [6.07, 6.45) is 0.906. The molecular weight excluding hydrogens is 366 g/mol. The molecule has 0 aliphatic carbocycles. The van der Waals surface area contributed by atoms with Gasteiger partial charge in [-0.1, -0.05) is 18.2 Å². The number of carbonyl (C=O) groups is 4. The average Bonchev–Trinajstić information content (AvgIpc) is 2.91. The van der Waals surface area contributed by atoms with E-state index >= 15 is 0 Å². The number of imide groups is 1. The van der Waals surface area contributed by atoms with Crippen molar-refractivity contribution in [2.45, 2.75) is 57.7 Å². The molecular formula is C19H23N3O6. The fraction of sp³-hybridized carbons (Fsp3) is 0.474. The number of hydrogen-bond donors (Lipinski definition) is 1. The molecule has 1 N–H and O–H groups in total. The third-order valence-corrected chi connectivity index (χ3v) is 4.96. The normalized spacial score (nSPS) is 22.9. The van der Waals surface area contributed by atoms with Gasteiger partial charge in [0.15, 0.2) is 0 Å². The number of amides is 4. The third-order valence-electron chi connectivity index (χ3n) is 4.96. The van der Waals surface area contributed by atoms with Crippen LogP contribution >= 0.6 is 0 Å². The summed E-state index contributed by atoms with van der Waals surface area (Å²) in [6, 6.07) is 8.71. The number of hydrogen-bond acceptors (Lipinski definition) is 6. The van der Waals surface area contributed by atoms with Gasteiger partial charge in [-0.3, -0.25) is 9.59 Å². The quantitative estimate of drug-likeness (QED) is 0.778. The Kier molecular flexibility index (Phi) is 5.81. The molecule has 2 saturated heterocycles. The lowest BCUT2D eigenvalue weighted by Crippen LogP contribution is -2.52. The van der Waals surface area contributed by atoms with Crippen molar-refractivity contribution in [3.05, 3.63) is 30.3 Å². The Bertz CT molecular complexity index is 740. The van der Waals surface area contributed by atoms with Crippen LogP contribution in [0, 0.1) is 0 Å². The predicted molar refractivity (Wildman–Crippen MR) is 97.0 cm³/mol. The van der Waals surface area contributed by atoms with Crippen LogP contribution < -0.4 is 10.2 Å². The van der Waals surface area contributed by atoms with Gasteiger partial charge in [0.2, 0.25) is 11.8 Å². The van der Waals surface area contributed by atoms with Crippen LogP contribution in [0.2, 0.25) is 0 Å². The predicted octanol–water partition coefficient (Wildman–Crippen LogP) is 2.22. The van der Waals surface area contributed by atoms with Crippen LogP contribution in [0.5, 0.6) is 5.75 Å². The van der Waals surface area contributed by atoms with Gasteiger partial charge in [0.05, 0.1) is 0 Å². The Balaban J connectivity index is 1.56. The lowest BCUT2D eigenvalue weighted by molar-refractivity contribution is -0.145. The molecule has 3 atom stereocenters. The van der Waals surface area contributed by atoms with Crippen molar-refractivity contribution in [3.63, 3.8) is 0 Å². The summed E-state index contributed by atoms with van der Waals surface area (Å²) in [5.41, 5.74) is 2.15. The number of nitrogens with one attached hydrogen (secondary N) is 1. The van der Waals surface area contributed by atoms with Crippen molar-refractivity contribution in [1.29, 1.82) is 0 Å². The number of piperidine rings is 1. The topological polar surface area (TPSA) is 105 Å². The third kappa shape index (κ3) is 4.41. The van der Waals surface area contributed by atoms with Gasteiger partial charge in [-0.25, -0.2) is 15.0 Å². The van der Waals surface area contributed by atoms with E-state index in [2.05, 4.69) is 5.43 Å². The maximum atomic E-state index is 12.6. The molecule has 0 radical (unpaired) electrons. The first-order chi connectivity index (χ1) is 13.3. The second-order valence-electron chi connectivity index (χ2n) is 6.96. The fourth-order valence-corrected chi connectivity index (χ4v) is 3.81. The van der Waals surface area contributed by atoms with Gasteiger partial charge in [-0.15, -0.1) is 0 Å². The highest BCUT2D eigenvalue weighted by Crippen LogP contribution is 2.37. The SMILES string of the molecule is CC(=O)N(NC(=O)OC1C[C@H]2CC[C@@H](C1)N2C(=O)Oc1ccccc1)C(C)=O. The van der Waals surface area contributed by atoms with E-state index in [0.717, 1.165) is 12.8 Å². The zero-order valence-electron chi connectivity index (χ0n) is 15.8. The van der Waals surface area contributed by atoms with E-state index < -0.39 is 30.1 Å². The number of benzene rings is 1. The first kappa shape index (κ1) is 19.7. The van der Waals surface area contributed by atoms with Crippen molar-refractivity contribution in [2.24, 2.45) is 0 Å². The summed E-state index contributed by atoms with van der Waals surface area (Å²) in [4.78, 5) is 49.1. The number of para-hydroxylation sites is 1. The largest absolute Gasteiger partial charge is 0.445 e. The maximum Gasteiger partial charge on any atom is 0.426 e. The molecule has 4 amide bonds. The Morgan fingerprint density at radius 2 is 1.57 bits per heavy atom. The molecule has 0 saturated carbocycles. The minimum absolute atomic E-state index is 0.0792. The zero-order valence-corrected chi connectivity index (χ0v) is 15.8. The van der Waals surface area contributed by atoms with Gasteiger partial charge < -0.3 is 14.4 Å². The molecule has 1 unspecified atom stereocenters. The molecule has 1 aromatic carbocycles. The number of ether oxygens (including phenoxy) is 2. The minimum Gasteiger partial charge on any atom is -0.445 e. The van der Waals surface area contributed by atoms with Crippen LogP contribution in [0.1, 0.15) is 39.5 Å². The maximum absolute atomic E-state index is 12.6. The highest BCUT2D eigenvalue weighted by atomic mass is 16.6. The molecule has 1 aromatic rings. The van der Waals surface area contributed by atoms with Crippen molar-refractivity contribution in [2.75, 3.05) is 0 Å². The Labute approximate surface area is 162 Å². The van der Waals surface area contributed by atoms with E-state index in [1.165, 1.54) is 13.8 Å². The fourth-order valence-electron chi connectivity index (χ4n) is 3.81. The van der Waals surface area contributed by atoms with E-state index in [4.69, 9.17) is 9.47 Å². The standard InChI is InChI=1S/C19H23N3O6/c1-12(23)22(13(2)24)20-18(25)27-17-10-14-8-9-15(11-17)21(14)19(26)28-16-6-4-3-5-7-16/h3-7,14-15,17H,8-11H2,1-2H3,(H,20,25)/t14-,15+,17?. The molecule has 0 aromatic heterocycles.